The molecule has 0 saturated heterocycles. The standard InChI is InChI=1S/C22H46O4/c1-3-5-7-9-10-12-14-22(13-11-8-6-4-2)21-26-20-19-25-18-17-24-16-15-23/h22-23H,3-21H2,1-2H3. The van der Waals surface area contributed by atoms with Crippen molar-refractivity contribution < 1.29 is 19.3 Å². The lowest BCUT2D eigenvalue weighted by molar-refractivity contribution is 0.000477. The molecule has 26 heavy (non-hydrogen) atoms. The van der Waals surface area contributed by atoms with E-state index in [1.807, 2.05) is 0 Å². The van der Waals surface area contributed by atoms with Crippen LogP contribution in [0.4, 0.5) is 0 Å². The molecule has 1 atom stereocenters. The van der Waals surface area contributed by atoms with Gasteiger partial charge in [0, 0.05) is 6.61 Å². The van der Waals surface area contributed by atoms with Crippen LogP contribution in [0.1, 0.15) is 90.9 Å². The van der Waals surface area contributed by atoms with E-state index in [0.717, 1.165) is 6.61 Å². The number of rotatable bonds is 22. The Balaban J connectivity index is 3.68. The van der Waals surface area contributed by atoms with E-state index in [2.05, 4.69) is 13.8 Å². The molecule has 0 amide bonds. The molecule has 0 radical (unpaired) electrons. The Morgan fingerprint density at radius 2 is 1.04 bits per heavy atom. The third-order valence-electron chi connectivity index (χ3n) is 4.77. The molecule has 1 N–H and O–H groups in total. The van der Waals surface area contributed by atoms with Gasteiger partial charge in [-0.1, -0.05) is 78.1 Å². The van der Waals surface area contributed by atoms with Crippen molar-refractivity contribution >= 4 is 0 Å². The molecule has 0 saturated carbocycles. The van der Waals surface area contributed by atoms with Crippen LogP contribution in [0.15, 0.2) is 0 Å². The zero-order valence-electron chi connectivity index (χ0n) is 17.7. The lowest BCUT2D eigenvalue weighted by Gasteiger charge is -2.17. The van der Waals surface area contributed by atoms with E-state index in [-0.39, 0.29) is 6.61 Å². The van der Waals surface area contributed by atoms with Crippen LogP contribution in [-0.2, 0) is 14.2 Å². The van der Waals surface area contributed by atoms with Crippen molar-refractivity contribution in [1.29, 1.82) is 0 Å². The second-order valence-electron chi connectivity index (χ2n) is 7.30. The first kappa shape index (κ1) is 25.8. The van der Waals surface area contributed by atoms with Gasteiger partial charge in [0.15, 0.2) is 0 Å². The predicted octanol–water partition coefficient (Wildman–Crippen LogP) is 5.37. The number of aliphatic hydroxyl groups is 1. The van der Waals surface area contributed by atoms with Gasteiger partial charge in [-0.15, -0.1) is 0 Å². The number of aliphatic hydroxyl groups excluding tert-OH is 1. The molecule has 0 aliphatic heterocycles. The highest BCUT2D eigenvalue weighted by Gasteiger charge is 2.09. The van der Waals surface area contributed by atoms with E-state index >= 15 is 0 Å². The fourth-order valence-electron chi connectivity index (χ4n) is 3.14. The van der Waals surface area contributed by atoms with E-state index < -0.39 is 0 Å². The maximum atomic E-state index is 8.61. The van der Waals surface area contributed by atoms with E-state index in [0.29, 0.717) is 39.0 Å². The molecule has 158 valence electrons. The number of hydrogen-bond acceptors (Lipinski definition) is 4. The molecule has 0 fully saturated rings. The summed E-state index contributed by atoms with van der Waals surface area (Å²) in [5.41, 5.74) is 0. The summed E-state index contributed by atoms with van der Waals surface area (Å²) in [7, 11) is 0. The largest absolute Gasteiger partial charge is 0.394 e. The average molecular weight is 375 g/mol. The van der Waals surface area contributed by atoms with E-state index in [1.54, 1.807) is 0 Å². The Hall–Kier alpha value is -0.160. The van der Waals surface area contributed by atoms with Crippen molar-refractivity contribution in [2.75, 3.05) is 46.2 Å². The van der Waals surface area contributed by atoms with E-state index in [1.165, 1.54) is 77.0 Å². The van der Waals surface area contributed by atoms with Gasteiger partial charge in [-0.25, -0.2) is 0 Å². The van der Waals surface area contributed by atoms with Gasteiger partial charge in [-0.3, -0.25) is 0 Å². The summed E-state index contributed by atoms with van der Waals surface area (Å²) in [6.07, 6.45) is 16.2. The van der Waals surface area contributed by atoms with Crippen LogP contribution < -0.4 is 0 Å². The Morgan fingerprint density at radius 1 is 0.577 bits per heavy atom. The third-order valence-corrected chi connectivity index (χ3v) is 4.77. The summed E-state index contributed by atoms with van der Waals surface area (Å²) in [6.45, 7) is 8.29. The quantitative estimate of drug-likeness (QED) is 0.259. The molecule has 1 unspecified atom stereocenters. The highest BCUT2D eigenvalue weighted by atomic mass is 16.5. The molecular weight excluding hydrogens is 328 g/mol. The minimum Gasteiger partial charge on any atom is -0.394 e. The van der Waals surface area contributed by atoms with Crippen molar-refractivity contribution in [2.24, 2.45) is 5.92 Å². The van der Waals surface area contributed by atoms with Crippen LogP contribution in [0.5, 0.6) is 0 Å². The highest BCUT2D eigenvalue weighted by Crippen LogP contribution is 2.19. The van der Waals surface area contributed by atoms with Gasteiger partial charge in [-0.2, -0.15) is 0 Å². The van der Waals surface area contributed by atoms with Crippen LogP contribution in [0.2, 0.25) is 0 Å². The Morgan fingerprint density at radius 3 is 1.62 bits per heavy atom. The maximum absolute atomic E-state index is 8.61. The first-order chi connectivity index (χ1) is 12.8. The fourth-order valence-corrected chi connectivity index (χ4v) is 3.14. The predicted molar refractivity (Wildman–Crippen MR) is 110 cm³/mol. The zero-order valence-corrected chi connectivity index (χ0v) is 17.7. The van der Waals surface area contributed by atoms with Gasteiger partial charge >= 0.3 is 0 Å². The van der Waals surface area contributed by atoms with Crippen molar-refractivity contribution in [1.82, 2.24) is 0 Å². The fraction of sp³-hybridized carbons (Fsp3) is 1.00. The summed E-state index contributed by atoms with van der Waals surface area (Å²) in [5, 5.41) is 8.61. The maximum Gasteiger partial charge on any atom is 0.0701 e. The van der Waals surface area contributed by atoms with Gasteiger partial charge in [-0.05, 0) is 18.8 Å². The number of hydrogen-bond donors (Lipinski definition) is 1. The van der Waals surface area contributed by atoms with Crippen LogP contribution in [0.3, 0.4) is 0 Å². The normalized spacial score (nSPS) is 12.6. The summed E-state index contributed by atoms with van der Waals surface area (Å²) >= 11 is 0. The molecule has 0 aliphatic rings. The van der Waals surface area contributed by atoms with Gasteiger partial charge in [0.1, 0.15) is 0 Å². The van der Waals surface area contributed by atoms with E-state index in [4.69, 9.17) is 19.3 Å². The number of unbranched alkanes of at least 4 members (excludes halogenated alkanes) is 8. The summed E-state index contributed by atoms with van der Waals surface area (Å²) in [4.78, 5) is 0. The Labute approximate surface area is 163 Å². The average Bonchev–Trinajstić information content (AvgIpc) is 2.65. The number of ether oxygens (including phenoxy) is 3. The van der Waals surface area contributed by atoms with Crippen molar-refractivity contribution in [3.63, 3.8) is 0 Å². The Kier molecular flexibility index (Phi) is 22.7. The molecule has 0 aromatic heterocycles. The van der Waals surface area contributed by atoms with Crippen molar-refractivity contribution in [3.8, 4) is 0 Å². The molecule has 4 heteroatoms. The molecule has 0 spiro atoms. The Bertz CT molecular complexity index is 248. The lowest BCUT2D eigenvalue weighted by Crippen LogP contribution is -2.15. The molecule has 0 heterocycles. The van der Waals surface area contributed by atoms with Gasteiger partial charge in [0.05, 0.1) is 39.6 Å². The van der Waals surface area contributed by atoms with Crippen LogP contribution in [-0.4, -0.2) is 51.4 Å². The molecule has 0 rings (SSSR count). The van der Waals surface area contributed by atoms with Gasteiger partial charge in [0.25, 0.3) is 0 Å². The second kappa shape index (κ2) is 22.9. The SMILES string of the molecule is CCCCCCCCC(CCCCCC)COCCOCCOCCO. The first-order valence-electron chi connectivity index (χ1n) is 11.2. The summed E-state index contributed by atoms with van der Waals surface area (Å²) in [5.74, 6) is 0.714. The molecule has 4 nitrogen and oxygen atoms in total. The minimum atomic E-state index is 0.0708. The lowest BCUT2D eigenvalue weighted by atomic mass is 9.95. The topological polar surface area (TPSA) is 47.9 Å². The minimum absolute atomic E-state index is 0.0708. The molecule has 0 bridgehead atoms. The molecule has 0 aromatic carbocycles. The van der Waals surface area contributed by atoms with Crippen molar-refractivity contribution in [2.45, 2.75) is 90.9 Å². The van der Waals surface area contributed by atoms with Gasteiger partial charge < -0.3 is 19.3 Å². The molecule has 0 aliphatic carbocycles. The first-order valence-corrected chi connectivity index (χ1v) is 11.2. The van der Waals surface area contributed by atoms with Crippen molar-refractivity contribution in [3.05, 3.63) is 0 Å². The van der Waals surface area contributed by atoms with Crippen LogP contribution in [0.25, 0.3) is 0 Å². The smallest absolute Gasteiger partial charge is 0.0701 e. The van der Waals surface area contributed by atoms with E-state index in [9.17, 15) is 0 Å². The highest BCUT2D eigenvalue weighted by molar-refractivity contribution is 4.60. The van der Waals surface area contributed by atoms with Crippen LogP contribution >= 0.6 is 0 Å². The summed E-state index contributed by atoms with van der Waals surface area (Å²) < 4.78 is 16.5. The molecule has 0 aromatic rings. The van der Waals surface area contributed by atoms with Crippen LogP contribution in [0, 0.1) is 5.92 Å². The zero-order chi connectivity index (χ0) is 19.1. The van der Waals surface area contributed by atoms with Gasteiger partial charge in [0.2, 0.25) is 0 Å². The molecular formula is C22H46O4. The second-order valence-corrected chi connectivity index (χ2v) is 7.30. The summed E-state index contributed by atoms with van der Waals surface area (Å²) in [6, 6.07) is 0. The monoisotopic (exact) mass is 374 g/mol. The third kappa shape index (κ3) is 20.2.